The maximum atomic E-state index is 13.3. The summed E-state index contributed by atoms with van der Waals surface area (Å²) in [5.74, 6) is -0.0671. The molecule has 1 aromatic carbocycles. The molecule has 0 saturated carbocycles. The maximum absolute atomic E-state index is 13.3. The molecule has 1 atom stereocenters. The highest BCUT2D eigenvalue weighted by Gasteiger charge is 2.30. The number of carbonyl (C=O) groups excluding carboxylic acids is 2. The fraction of sp³-hybridized carbons (Fsp3) is 0.360. The van der Waals surface area contributed by atoms with Crippen LogP contribution >= 0.6 is 11.3 Å². The Morgan fingerprint density at radius 1 is 1.25 bits per heavy atom. The molecule has 0 aliphatic carbocycles. The molecular weight excluding hydrogens is 420 g/mol. The fourth-order valence-corrected chi connectivity index (χ4v) is 5.66. The first-order chi connectivity index (χ1) is 15.7. The Hall–Kier alpha value is -3.06. The average molecular weight is 449 g/mol. The number of thiophene rings is 1. The molecule has 3 aromatic heterocycles. The first-order valence-electron chi connectivity index (χ1n) is 11.3. The number of carbonyl (C=O) groups is 2. The normalized spacial score (nSPS) is 16.7. The highest BCUT2D eigenvalue weighted by molar-refractivity contribution is 7.17. The van der Waals surface area contributed by atoms with Crippen molar-refractivity contribution in [2.75, 3.05) is 19.6 Å². The van der Waals surface area contributed by atoms with E-state index in [0.29, 0.717) is 19.6 Å². The van der Waals surface area contributed by atoms with Gasteiger partial charge in [0.05, 0.1) is 16.1 Å². The van der Waals surface area contributed by atoms with E-state index in [9.17, 15) is 9.59 Å². The van der Waals surface area contributed by atoms with E-state index >= 15 is 0 Å². The van der Waals surface area contributed by atoms with Gasteiger partial charge in [-0.2, -0.15) is 0 Å². The molecule has 0 spiro atoms. The number of H-pyrrole nitrogens is 1. The number of piperidine rings is 1. The molecule has 4 heterocycles. The van der Waals surface area contributed by atoms with Crippen molar-refractivity contribution in [2.24, 2.45) is 5.92 Å². The predicted octanol–water partition coefficient (Wildman–Crippen LogP) is 4.42. The molecule has 1 aliphatic heterocycles. The minimum absolute atomic E-state index is 0.0338. The van der Waals surface area contributed by atoms with Gasteiger partial charge in [0.2, 0.25) is 5.91 Å². The summed E-state index contributed by atoms with van der Waals surface area (Å²) < 4.78 is 3.22. The number of aromatic nitrogens is 2. The van der Waals surface area contributed by atoms with E-state index in [0.717, 1.165) is 47.2 Å². The number of aryl methyl sites for hydroxylation is 1. The Bertz CT molecular complexity index is 1270. The van der Waals surface area contributed by atoms with Gasteiger partial charge in [-0.1, -0.05) is 18.2 Å². The predicted molar refractivity (Wildman–Crippen MR) is 129 cm³/mol. The van der Waals surface area contributed by atoms with Crippen LogP contribution in [0.25, 0.3) is 21.1 Å². The lowest BCUT2D eigenvalue weighted by Crippen LogP contribution is -2.46. The Morgan fingerprint density at radius 2 is 2.12 bits per heavy atom. The molecule has 1 saturated heterocycles. The van der Waals surface area contributed by atoms with E-state index in [1.807, 2.05) is 29.3 Å². The summed E-state index contributed by atoms with van der Waals surface area (Å²) >= 11 is 1.66. The van der Waals surface area contributed by atoms with Crippen LogP contribution in [0.4, 0.5) is 0 Å². The Morgan fingerprint density at radius 3 is 3.00 bits per heavy atom. The SMILES string of the molecule is CCn1c(C(=O)N2CCCC(C(=O)NCCc3c[nH]c4ccccc34)C2)cc2sccc21. The van der Waals surface area contributed by atoms with Gasteiger partial charge in [-0.05, 0) is 55.3 Å². The third-order valence-corrected chi connectivity index (χ3v) is 7.36. The van der Waals surface area contributed by atoms with Crippen LogP contribution < -0.4 is 5.32 Å². The van der Waals surface area contributed by atoms with Crippen molar-refractivity contribution < 1.29 is 9.59 Å². The number of rotatable bonds is 6. The van der Waals surface area contributed by atoms with Crippen molar-refractivity contribution in [2.45, 2.75) is 32.7 Å². The number of amides is 2. The van der Waals surface area contributed by atoms with Crippen molar-refractivity contribution in [1.82, 2.24) is 19.8 Å². The smallest absolute Gasteiger partial charge is 0.270 e. The molecule has 1 unspecified atom stereocenters. The minimum atomic E-state index is -0.151. The van der Waals surface area contributed by atoms with E-state index in [4.69, 9.17) is 0 Å². The second-order valence-corrected chi connectivity index (χ2v) is 9.38. The molecule has 2 N–H and O–H groups in total. The summed E-state index contributed by atoms with van der Waals surface area (Å²) in [4.78, 5) is 31.3. The number of aromatic amines is 1. The summed E-state index contributed by atoms with van der Waals surface area (Å²) in [6.45, 7) is 4.61. The number of para-hydroxylation sites is 1. The largest absolute Gasteiger partial charge is 0.361 e. The van der Waals surface area contributed by atoms with Crippen LogP contribution in [-0.4, -0.2) is 45.9 Å². The number of likely N-dealkylation sites (tertiary alicyclic amines) is 1. The molecule has 166 valence electrons. The average Bonchev–Trinajstić information content (AvgIpc) is 3.53. The van der Waals surface area contributed by atoms with E-state index in [1.54, 1.807) is 11.3 Å². The van der Waals surface area contributed by atoms with Crippen molar-refractivity contribution in [3.05, 3.63) is 59.2 Å². The van der Waals surface area contributed by atoms with E-state index in [2.05, 4.69) is 45.4 Å². The van der Waals surface area contributed by atoms with Crippen molar-refractivity contribution in [3.8, 4) is 0 Å². The Kier molecular flexibility index (Phi) is 5.74. The number of benzene rings is 1. The highest BCUT2D eigenvalue weighted by Crippen LogP contribution is 2.27. The van der Waals surface area contributed by atoms with Crippen LogP contribution in [0.2, 0.25) is 0 Å². The summed E-state index contributed by atoms with van der Waals surface area (Å²) in [6.07, 6.45) is 4.48. The zero-order valence-electron chi connectivity index (χ0n) is 18.3. The van der Waals surface area contributed by atoms with Crippen molar-refractivity contribution in [3.63, 3.8) is 0 Å². The zero-order chi connectivity index (χ0) is 22.1. The first kappa shape index (κ1) is 20.8. The molecule has 4 aromatic rings. The fourth-order valence-electron chi connectivity index (χ4n) is 4.84. The molecule has 1 aliphatic rings. The van der Waals surface area contributed by atoms with E-state index < -0.39 is 0 Å². The second kappa shape index (κ2) is 8.82. The lowest BCUT2D eigenvalue weighted by atomic mass is 9.96. The Labute approximate surface area is 191 Å². The highest BCUT2D eigenvalue weighted by atomic mass is 32.1. The van der Waals surface area contributed by atoms with E-state index in [-0.39, 0.29) is 17.7 Å². The lowest BCUT2D eigenvalue weighted by Gasteiger charge is -2.32. The minimum Gasteiger partial charge on any atom is -0.361 e. The second-order valence-electron chi connectivity index (χ2n) is 8.43. The number of hydrogen-bond donors (Lipinski definition) is 2. The lowest BCUT2D eigenvalue weighted by molar-refractivity contribution is -0.126. The van der Waals surface area contributed by atoms with Gasteiger partial charge < -0.3 is 19.8 Å². The molecule has 0 radical (unpaired) electrons. The van der Waals surface area contributed by atoms with Crippen LogP contribution in [0.3, 0.4) is 0 Å². The van der Waals surface area contributed by atoms with Crippen LogP contribution in [0.1, 0.15) is 35.8 Å². The third kappa shape index (κ3) is 3.81. The third-order valence-electron chi connectivity index (χ3n) is 6.51. The molecule has 7 heteroatoms. The standard InChI is InChI=1S/C25H28N4O2S/c1-2-29-21-10-13-32-23(21)14-22(29)25(31)28-12-5-6-18(16-28)24(30)26-11-9-17-15-27-20-8-4-3-7-19(17)20/h3-4,7-8,10,13-15,18,27H,2,5-6,9,11-12,16H2,1H3,(H,26,30). The quantitative estimate of drug-likeness (QED) is 0.459. The molecule has 2 amide bonds. The first-order valence-corrected chi connectivity index (χ1v) is 12.2. The van der Waals surface area contributed by atoms with Gasteiger partial charge in [-0.25, -0.2) is 0 Å². The Balaban J connectivity index is 1.21. The maximum Gasteiger partial charge on any atom is 0.270 e. The molecule has 1 fully saturated rings. The van der Waals surface area contributed by atoms with Gasteiger partial charge >= 0.3 is 0 Å². The number of fused-ring (bicyclic) bond motifs is 2. The van der Waals surface area contributed by atoms with Crippen LogP contribution in [0.15, 0.2) is 48.0 Å². The number of nitrogens with zero attached hydrogens (tertiary/aromatic N) is 2. The topological polar surface area (TPSA) is 70.1 Å². The van der Waals surface area contributed by atoms with Gasteiger partial charge in [0.15, 0.2) is 0 Å². The van der Waals surface area contributed by atoms with Gasteiger partial charge in [0.25, 0.3) is 5.91 Å². The monoisotopic (exact) mass is 448 g/mol. The summed E-state index contributed by atoms with van der Waals surface area (Å²) in [7, 11) is 0. The van der Waals surface area contributed by atoms with E-state index in [1.165, 1.54) is 10.9 Å². The molecule has 32 heavy (non-hydrogen) atoms. The molecular formula is C25H28N4O2S. The van der Waals surface area contributed by atoms with Gasteiger partial charge in [-0.15, -0.1) is 11.3 Å². The van der Waals surface area contributed by atoms with Crippen LogP contribution in [0, 0.1) is 5.92 Å². The van der Waals surface area contributed by atoms with Gasteiger partial charge in [0.1, 0.15) is 5.69 Å². The van der Waals surface area contributed by atoms with Crippen molar-refractivity contribution >= 4 is 44.3 Å². The van der Waals surface area contributed by atoms with Gasteiger partial charge in [-0.3, -0.25) is 9.59 Å². The van der Waals surface area contributed by atoms with Crippen LogP contribution in [0.5, 0.6) is 0 Å². The van der Waals surface area contributed by atoms with Gasteiger partial charge in [0, 0.05) is 43.3 Å². The molecule has 6 nitrogen and oxygen atoms in total. The summed E-state index contributed by atoms with van der Waals surface area (Å²) in [5.41, 5.74) is 4.17. The molecule has 5 rings (SSSR count). The summed E-state index contributed by atoms with van der Waals surface area (Å²) in [6, 6.07) is 12.3. The van der Waals surface area contributed by atoms with Crippen molar-refractivity contribution in [1.29, 1.82) is 0 Å². The number of nitrogens with one attached hydrogen (secondary N) is 2. The zero-order valence-corrected chi connectivity index (χ0v) is 19.1. The number of hydrogen-bond acceptors (Lipinski definition) is 3. The van der Waals surface area contributed by atoms with Crippen LogP contribution in [-0.2, 0) is 17.8 Å². The molecule has 0 bridgehead atoms. The summed E-state index contributed by atoms with van der Waals surface area (Å²) in [5, 5.41) is 6.36.